The molecule has 0 aliphatic heterocycles. The van der Waals surface area contributed by atoms with Crippen molar-refractivity contribution in [3.05, 3.63) is 29.6 Å². The number of unbranched alkanes of at least 4 members (excludes halogenated alkanes) is 2. The van der Waals surface area contributed by atoms with E-state index in [2.05, 4.69) is 5.32 Å². The zero-order chi connectivity index (χ0) is 18.7. The van der Waals surface area contributed by atoms with Crippen LogP contribution in [0.3, 0.4) is 0 Å². The van der Waals surface area contributed by atoms with Crippen LogP contribution in [0.25, 0.3) is 0 Å². The molecule has 140 valence electrons. The lowest BCUT2D eigenvalue weighted by atomic mass is 10.1. The van der Waals surface area contributed by atoms with E-state index < -0.39 is 5.91 Å². The number of halogens is 1. The van der Waals surface area contributed by atoms with Crippen LogP contribution in [-0.2, 0) is 16.0 Å². The molecule has 0 saturated heterocycles. The molecule has 1 atom stereocenters. The minimum absolute atomic E-state index is 0.0225. The lowest BCUT2D eigenvalue weighted by Crippen LogP contribution is -2.29. The second-order valence-electron chi connectivity index (χ2n) is 6.06. The van der Waals surface area contributed by atoms with Gasteiger partial charge in [-0.2, -0.15) is 0 Å². The topological polar surface area (TPSA) is 107 Å². The fourth-order valence-corrected chi connectivity index (χ4v) is 2.35. The summed E-state index contributed by atoms with van der Waals surface area (Å²) in [6.45, 7) is 0.241. The van der Waals surface area contributed by atoms with E-state index >= 15 is 0 Å². The fourth-order valence-electron chi connectivity index (χ4n) is 2.35. The van der Waals surface area contributed by atoms with Crippen LogP contribution in [0, 0.1) is 5.82 Å². The van der Waals surface area contributed by atoms with Gasteiger partial charge in [-0.05, 0) is 49.4 Å². The number of carbonyl (C=O) groups excluding carboxylic acids is 2. The van der Waals surface area contributed by atoms with E-state index in [1.807, 2.05) is 0 Å². The highest BCUT2D eigenvalue weighted by Gasteiger charge is 2.08. The van der Waals surface area contributed by atoms with Crippen LogP contribution in [-0.4, -0.2) is 31.5 Å². The first-order chi connectivity index (χ1) is 11.9. The smallest absolute Gasteiger partial charge is 0.219 e. The largest absolute Gasteiger partial charge is 0.492 e. The maximum atomic E-state index is 13.9. The zero-order valence-corrected chi connectivity index (χ0v) is 14.7. The Hall–Kier alpha value is -2.15. The van der Waals surface area contributed by atoms with Crippen LogP contribution in [0.5, 0.6) is 5.75 Å². The Labute approximate surface area is 148 Å². The Kier molecular flexibility index (Phi) is 9.54. The van der Waals surface area contributed by atoms with E-state index in [1.54, 1.807) is 19.2 Å². The van der Waals surface area contributed by atoms with E-state index in [-0.39, 0.29) is 30.8 Å². The first-order valence-electron chi connectivity index (χ1n) is 8.58. The Morgan fingerprint density at radius 3 is 2.68 bits per heavy atom. The summed E-state index contributed by atoms with van der Waals surface area (Å²) < 4.78 is 19.4. The number of nitrogens with one attached hydrogen (secondary N) is 1. The summed E-state index contributed by atoms with van der Waals surface area (Å²) in [4.78, 5) is 21.9. The highest BCUT2D eigenvalue weighted by atomic mass is 19.1. The van der Waals surface area contributed by atoms with E-state index in [9.17, 15) is 14.0 Å². The highest BCUT2D eigenvalue weighted by Crippen LogP contribution is 2.19. The Morgan fingerprint density at radius 2 is 2.00 bits per heavy atom. The van der Waals surface area contributed by atoms with Gasteiger partial charge in [0.15, 0.2) is 0 Å². The van der Waals surface area contributed by atoms with Gasteiger partial charge >= 0.3 is 0 Å². The Morgan fingerprint density at radius 1 is 1.24 bits per heavy atom. The number of hydrogen-bond donors (Lipinski definition) is 3. The van der Waals surface area contributed by atoms with Gasteiger partial charge in [0, 0.05) is 25.9 Å². The average molecular weight is 353 g/mol. The van der Waals surface area contributed by atoms with Crippen LogP contribution in [0.4, 0.5) is 4.39 Å². The van der Waals surface area contributed by atoms with Crippen molar-refractivity contribution in [1.29, 1.82) is 0 Å². The number of nitrogens with two attached hydrogens (primary N) is 2. The Balaban J connectivity index is 2.39. The van der Waals surface area contributed by atoms with Gasteiger partial charge in [0.1, 0.15) is 18.2 Å². The summed E-state index contributed by atoms with van der Waals surface area (Å²) in [6.07, 6.45) is 4.19. The van der Waals surface area contributed by atoms with Crippen LogP contribution in [0.15, 0.2) is 18.2 Å². The van der Waals surface area contributed by atoms with Gasteiger partial charge in [-0.25, -0.2) is 4.39 Å². The molecule has 0 spiro atoms. The predicted molar refractivity (Wildman–Crippen MR) is 94.5 cm³/mol. The number of hydrogen-bond acceptors (Lipinski definition) is 4. The van der Waals surface area contributed by atoms with Crippen molar-refractivity contribution in [3.63, 3.8) is 0 Å². The van der Waals surface area contributed by atoms with Gasteiger partial charge in [-0.3, -0.25) is 9.59 Å². The number of rotatable bonds is 12. The Bertz CT molecular complexity index is 566. The first kappa shape index (κ1) is 20.9. The molecule has 0 aliphatic rings. The van der Waals surface area contributed by atoms with E-state index in [0.717, 1.165) is 19.3 Å². The van der Waals surface area contributed by atoms with Gasteiger partial charge < -0.3 is 21.5 Å². The molecule has 0 heterocycles. The molecule has 6 nitrogen and oxygen atoms in total. The summed E-state index contributed by atoms with van der Waals surface area (Å²) in [7, 11) is 1.61. The number of amides is 2. The summed E-state index contributed by atoms with van der Waals surface area (Å²) in [6, 6.07) is 4.32. The van der Waals surface area contributed by atoms with Crippen molar-refractivity contribution < 1.29 is 18.7 Å². The molecule has 2 amide bonds. The molecule has 25 heavy (non-hydrogen) atoms. The maximum Gasteiger partial charge on any atom is 0.219 e. The average Bonchev–Trinajstić information content (AvgIpc) is 2.59. The van der Waals surface area contributed by atoms with Crippen molar-refractivity contribution in [2.24, 2.45) is 11.5 Å². The lowest BCUT2D eigenvalue weighted by molar-refractivity contribution is -0.120. The number of carbonyl (C=O) groups is 2. The first-order valence-corrected chi connectivity index (χ1v) is 8.58. The quantitative estimate of drug-likeness (QED) is 0.497. The van der Waals surface area contributed by atoms with Crippen molar-refractivity contribution >= 4 is 11.8 Å². The summed E-state index contributed by atoms with van der Waals surface area (Å²) in [5, 5.41) is 2.58. The van der Waals surface area contributed by atoms with Crippen LogP contribution in [0.2, 0.25) is 0 Å². The fraction of sp³-hybridized carbons (Fsp3) is 0.556. The van der Waals surface area contributed by atoms with Crippen molar-refractivity contribution in [2.45, 2.75) is 51.0 Å². The SMILES string of the molecule is CNC(=O)CCCCCc1cc(OCC(N)CCC(N)=O)ccc1F. The third-order valence-electron chi connectivity index (χ3n) is 3.87. The zero-order valence-electron chi connectivity index (χ0n) is 14.7. The van der Waals surface area contributed by atoms with Crippen LogP contribution in [0.1, 0.15) is 44.1 Å². The normalized spacial score (nSPS) is 11.8. The molecule has 7 heteroatoms. The van der Waals surface area contributed by atoms with Gasteiger partial charge in [-0.15, -0.1) is 0 Å². The third kappa shape index (κ3) is 9.05. The molecule has 0 fully saturated rings. The molecular weight excluding hydrogens is 325 g/mol. The monoisotopic (exact) mass is 353 g/mol. The number of benzene rings is 1. The molecule has 0 aromatic heterocycles. The summed E-state index contributed by atoms with van der Waals surface area (Å²) >= 11 is 0. The molecule has 0 radical (unpaired) electrons. The molecule has 1 rings (SSSR count). The number of aryl methyl sites for hydroxylation is 1. The van der Waals surface area contributed by atoms with E-state index in [4.69, 9.17) is 16.2 Å². The van der Waals surface area contributed by atoms with Gasteiger partial charge in [-0.1, -0.05) is 6.42 Å². The number of primary amides is 1. The van der Waals surface area contributed by atoms with Crippen molar-refractivity contribution in [3.8, 4) is 5.75 Å². The minimum atomic E-state index is -0.393. The molecule has 0 bridgehead atoms. The minimum Gasteiger partial charge on any atom is -0.492 e. The second-order valence-corrected chi connectivity index (χ2v) is 6.06. The van der Waals surface area contributed by atoms with Crippen LogP contribution < -0.4 is 21.5 Å². The summed E-state index contributed by atoms with van der Waals surface area (Å²) in [5.74, 6) is -0.0850. The molecule has 0 saturated carbocycles. The standard InChI is InChI=1S/C18H28FN3O3/c1-22-18(24)6-4-2-3-5-13-11-15(8-9-16(13)19)25-12-14(20)7-10-17(21)23/h8-9,11,14H,2-7,10,12,20H2,1H3,(H2,21,23)(H,22,24). The van der Waals surface area contributed by atoms with Gasteiger partial charge in [0.25, 0.3) is 0 Å². The predicted octanol–water partition coefficient (Wildman–Crippen LogP) is 1.65. The van der Waals surface area contributed by atoms with Crippen molar-refractivity contribution in [1.82, 2.24) is 5.32 Å². The molecule has 0 aliphatic carbocycles. The maximum absolute atomic E-state index is 13.9. The third-order valence-corrected chi connectivity index (χ3v) is 3.87. The highest BCUT2D eigenvalue weighted by molar-refractivity contribution is 5.75. The molecular formula is C18H28FN3O3. The van der Waals surface area contributed by atoms with Gasteiger partial charge in [0.05, 0.1) is 0 Å². The summed E-state index contributed by atoms with van der Waals surface area (Å²) in [5.41, 5.74) is 11.5. The lowest BCUT2D eigenvalue weighted by Gasteiger charge is -2.13. The van der Waals surface area contributed by atoms with E-state index in [1.165, 1.54) is 6.07 Å². The van der Waals surface area contributed by atoms with E-state index in [0.29, 0.717) is 30.6 Å². The van der Waals surface area contributed by atoms with Crippen LogP contribution >= 0.6 is 0 Å². The van der Waals surface area contributed by atoms with Gasteiger partial charge in [0.2, 0.25) is 11.8 Å². The number of ether oxygens (including phenoxy) is 1. The molecule has 5 N–H and O–H groups in total. The molecule has 1 unspecified atom stereocenters. The molecule has 1 aromatic rings. The molecule has 1 aromatic carbocycles. The van der Waals surface area contributed by atoms with Crippen molar-refractivity contribution in [2.75, 3.05) is 13.7 Å². The second kappa shape index (κ2) is 11.4.